The van der Waals surface area contributed by atoms with Crippen molar-refractivity contribution in [3.8, 4) is 0 Å². The predicted octanol–water partition coefficient (Wildman–Crippen LogP) is 1.29. The van der Waals surface area contributed by atoms with Crippen LogP contribution in [0.2, 0.25) is 0 Å². The Morgan fingerprint density at radius 3 is 3.12 bits per heavy atom. The molecule has 0 aliphatic carbocycles. The van der Waals surface area contributed by atoms with Gasteiger partial charge in [0.25, 0.3) is 0 Å². The first kappa shape index (κ1) is 9.41. The van der Waals surface area contributed by atoms with Crippen molar-refractivity contribution in [2.45, 2.75) is 4.90 Å². The molecule has 0 radical (unpaired) electrons. The van der Waals surface area contributed by atoms with Crippen molar-refractivity contribution in [2.24, 2.45) is 0 Å². The Bertz CT molecular complexity index is 730. The third kappa shape index (κ3) is 1.23. The molecule has 0 amide bonds. The SMILES string of the molecule is CSc1ccc2c(c1)[nH]c(=O)n1ncnc21. The summed E-state index contributed by atoms with van der Waals surface area (Å²) in [7, 11) is 0. The molecule has 0 bridgehead atoms. The van der Waals surface area contributed by atoms with Crippen LogP contribution in [0.1, 0.15) is 0 Å². The van der Waals surface area contributed by atoms with Gasteiger partial charge in [-0.3, -0.25) is 0 Å². The molecule has 80 valence electrons. The summed E-state index contributed by atoms with van der Waals surface area (Å²) in [6.45, 7) is 0. The fourth-order valence-electron chi connectivity index (χ4n) is 1.69. The fraction of sp³-hybridized carbons (Fsp3) is 0.100. The summed E-state index contributed by atoms with van der Waals surface area (Å²) in [4.78, 5) is 19.6. The summed E-state index contributed by atoms with van der Waals surface area (Å²) < 4.78 is 1.26. The number of hydrogen-bond donors (Lipinski definition) is 1. The lowest BCUT2D eigenvalue weighted by atomic mass is 10.2. The maximum atomic E-state index is 11.7. The molecule has 0 spiro atoms. The van der Waals surface area contributed by atoms with Gasteiger partial charge < -0.3 is 4.98 Å². The molecule has 0 atom stereocenters. The third-order valence-electron chi connectivity index (χ3n) is 2.45. The zero-order valence-electron chi connectivity index (χ0n) is 8.47. The van der Waals surface area contributed by atoms with Crippen LogP contribution in [-0.2, 0) is 0 Å². The van der Waals surface area contributed by atoms with Gasteiger partial charge in [0.05, 0.1) is 5.52 Å². The summed E-state index contributed by atoms with van der Waals surface area (Å²) in [5, 5.41) is 4.77. The quantitative estimate of drug-likeness (QED) is 0.642. The molecule has 0 fully saturated rings. The Morgan fingerprint density at radius 1 is 1.44 bits per heavy atom. The number of aromatic amines is 1. The molecule has 3 rings (SSSR count). The van der Waals surface area contributed by atoms with Crippen molar-refractivity contribution in [2.75, 3.05) is 6.26 Å². The highest BCUT2D eigenvalue weighted by Gasteiger charge is 2.06. The van der Waals surface area contributed by atoms with Crippen LogP contribution in [0.4, 0.5) is 0 Å². The van der Waals surface area contributed by atoms with Crippen LogP contribution < -0.4 is 5.69 Å². The second-order valence-corrected chi connectivity index (χ2v) is 4.22. The smallest absolute Gasteiger partial charge is 0.305 e. The van der Waals surface area contributed by atoms with Gasteiger partial charge in [0, 0.05) is 10.3 Å². The van der Waals surface area contributed by atoms with E-state index in [1.165, 1.54) is 10.8 Å². The molecule has 5 nitrogen and oxygen atoms in total. The van der Waals surface area contributed by atoms with Crippen LogP contribution in [0, 0.1) is 0 Å². The lowest BCUT2D eigenvalue weighted by Gasteiger charge is -2.01. The van der Waals surface area contributed by atoms with Crippen LogP contribution >= 0.6 is 11.8 Å². The molecule has 2 aromatic heterocycles. The standard InChI is InChI=1S/C10H8N4OS/c1-16-6-2-3-7-8(4-6)13-10(15)14-9(7)11-5-12-14/h2-5H,1H3,(H,13,15). The van der Waals surface area contributed by atoms with E-state index in [1.54, 1.807) is 11.8 Å². The van der Waals surface area contributed by atoms with Crippen molar-refractivity contribution in [3.63, 3.8) is 0 Å². The number of thioether (sulfide) groups is 1. The third-order valence-corrected chi connectivity index (χ3v) is 3.17. The first-order valence-corrected chi connectivity index (χ1v) is 5.92. The summed E-state index contributed by atoms with van der Waals surface area (Å²) >= 11 is 1.63. The van der Waals surface area contributed by atoms with Gasteiger partial charge in [-0.05, 0) is 24.5 Å². The molecule has 0 unspecified atom stereocenters. The molecule has 0 aliphatic heterocycles. The summed E-state index contributed by atoms with van der Waals surface area (Å²) in [5.74, 6) is 0. The van der Waals surface area contributed by atoms with Crippen LogP contribution in [-0.4, -0.2) is 25.8 Å². The lowest BCUT2D eigenvalue weighted by molar-refractivity contribution is 0.881. The monoisotopic (exact) mass is 232 g/mol. The van der Waals surface area contributed by atoms with Crippen molar-refractivity contribution in [1.82, 2.24) is 19.6 Å². The second kappa shape index (κ2) is 3.34. The van der Waals surface area contributed by atoms with Crippen molar-refractivity contribution < 1.29 is 0 Å². The summed E-state index contributed by atoms with van der Waals surface area (Å²) in [6, 6.07) is 5.89. The first-order chi connectivity index (χ1) is 7.79. The van der Waals surface area contributed by atoms with E-state index in [0.29, 0.717) is 5.65 Å². The molecule has 1 aromatic carbocycles. The highest BCUT2D eigenvalue weighted by molar-refractivity contribution is 7.98. The topological polar surface area (TPSA) is 63.0 Å². The minimum absolute atomic E-state index is 0.266. The highest BCUT2D eigenvalue weighted by atomic mass is 32.2. The molecule has 3 aromatic rings. The van der Waals surface area contributed by atoms with E-state index in [9.17, 15) is 4.79 Å². The molecule has 1 N–H and O–H groups in total. The van der Waals surface area contributed by atoms with Crippen LogP contribution in [0.5, 0.6) is 0 Å². The first-order valence-electron chi connectivity index (χ1n) is 4.69. The molecule has 0 saturated heterocycles. The van der Waals surface area contributed by atoms with E-state index in [-0.39, 0.29) is 5.69 Å². The van der Waals surface area contributed by atoms with Gasteiger partial charge in [-0.2, -0.15) is 9.61 Å². The van der Waals surface area contributed by atoms with Crippen LogP contribution in [0.15, 0.2) is 34.2 Å². The average Bonchev–Trinajstić information content (AvgIpc) is 2.78. The number of nitrogens with zero attached hydrogens (tertiary/aromatic N) is 3. The Balaban J connectivity index is 2.53. The van der Waals surface area contributed by atoms with Gasteiger partial charge in [0.2, 0.25) is 0 Å². The molecule has 0 aliphatic rings. The molecular formula is C10H8N4OS. The zero-order chi connectivity index (χ0) is 11.1. The van der Waals surface area contributed by atoms with E-state index in [2.05, 4.69) is 15.1 Å². The lowest BCUT2D eigenvalue weighted by Crippen LogP contribution is -2.17. The van der Waals surface area contributed by atoms with Crippen LogP contribution in [0.3, 0.4) is 0 Å². The minimum Gasteiger partial charge on any atom is -0.305 e. The molecular weight excluding hydrogens is 224 g/mol. The number of rotatable bonds is 1. The Morgan fingerprint density at radius 2 is 2.31 bits per heavy atom. The fourth-order valence-corrected chi connectivity index (χ4v) is 2.13. The van der Waals surface area contributed by atoms with Crippen molar-refractivity contribution in [1.29, 1.82) is 0 Å². The number of aromatic nitrogens is 4. The number of hydrogen-bond acceptors (Lipinski definition) is 4. The zero-order valence-corrected chi connectivity index (χ0v) is 9.28. The largest absolute Gasteiger partial charge is 0.348 e. The van der Waals surface area contributed by atoms with Gasteiger partial charge in [-0.1, -0.05) is 0 Å². The minimum atomic E-state index is -0.266. The Labute approximate surface area is 94.5 Å². The summed E-state index contributed by atoms with van der Waals surface area (Å²) in [6.07, 6.45) is 3.38. The van der Waals surface area contributed by atoms with Gasteiger partial charge in [0.1, 0.15) is 6.33 Å². The molecule has 6 heteroatoms. The average molecular weight is 232 g/mol. The second-order valence-electron chi connectivity index (χ2n) is 3.34. The normalized spacial score (nSPS) is 11.3. The van der Waals surface area contributed by atoms with Gasteiger partial charge >= 0.3 is 5.69 Å². The van der Waals surface area contributed by atoms with E-state index >= 15 is 0 Å². The van der Waals surface area contributed by atoms with Gasteiger partial charge in [-0.15, -0.1) is 11.8 Å². The van der Waals surface area contributed by atoms with E-state index in [4.69, 9.17) is 0 Å². The number of fused-ring (bicyclic) bond motifs is 3. The molecule has 2 heterocycles. The van der Waals surface area contributed by atoms with Crippen molar-refractivity contribution >= 4 is 28.3 Å². The highest BCUT2D eigenvalue weighted by Crippen LogP contribution is 2.21. The van der Waals surface area contributed by atoms with E-state index in [1.807, 2.05) is 24.5 Å². The molecule has 16 heavy (non-hydrogen) atoms. The predicted molar refractivity (Wildman–Crippen MR) is 62.9 cm³/mol. The number of nitrogens with one attached hydrogen (secondary N) is 1. The maximum Gasteiger partial charge on any atom is 0.348 e. The van der Waals surface area contributed by atoms with Gasteiger partial charge in [-0.25, -0.2) is 9.78 Å². The van der Waals surface area contributed by atoms with E-state index in [0.717, 1.165) is 15.8 Å². The molecule has 0 saturated carbocycles. The number of H-pyrrole nitrogens is 1. The Kier molecular flexibility index (Phi) is 1.97. The number of benzene rings is 1. The van der Waals surface area contributed by atoms with Crippen LogP contribution in [0.25, 0.3) is 16.6 Å². The Hall–Kier alpha value is -1.82. The summed E-state index contributed by atoms with van der Waals surface area (Å²) in [5.41, 5.74) is 1.11. The maximum absolute atomic E-state index is 11.7. The van der Waals surface area contributed by atoms with Gasteiger partial charge in [0.15, 0.2) is 5.65 Å². The van der Waals surface area contributed by atoms with Crippen molar-refractivity contribution in [3.05, 3.63) is 35.0 Å². The van der Waals surface area contributed by atoms with E-state index < -0.39 is 0 Å².